The fourth-order valence-corrected chi connectivity index (χ4v) is 2.93. The lowest BCUT2D eigenvalue weighted by Gasteiger charge is -2.17. The van der Waals surface area contributed by atoms with Gasteiger partial charge >= 0.3 is 0 Å². The molecule has 0 radical (unpaired) electrons. The highest BCUT2D eigenvalue weighted by Gasteiger charge is 2.14. The van der Waals surface area contributed by atoms with E-state index in [1.54, 1.807) is 24.5 Å². The van der Waals surface area contributed by atoms with Gasteiger partial charge in [-0.15, -0.1) is 0 Å². The number of nitrogens with one attached hydrogen (secondary N) is 1. The van der Waals surface area contributed by atoms with Crippen LogP contribution in [0.4, 0.5) is 11.4 Å². The number of fused-ring (bicyclic) bond motifs is 1. The van der Waals surface area contributed by atoms with Gasteiger partial charge in [0.05, 0.1) is 6.20 Å². The maximum atomic E-state index is 12.5. The summed E-state index contributed by atoms with van der Waals surface area (Å²) in [6, 6.07) is 11.4. The topological polar surface area (TPSA) is 62.5 Å². The van der Waals surface area contributed by atoms with Gasteiger partial charge in [0.25, 0.3) is 5.91 Å². The summed E-state index contributed by atoms with van der Waals surface area (Å²) in [5, 5.41) is 7.05. The van der Waals surface area contributed by atoms with E-state index in [-0.39, 0.29) is 5.91 Å². The number of hydrogen-bond donors (Lipinski definition) is 1. The van der Waals surface area contributed by atoms with Crippen LogP contribution >= 0.6 is 0 Å². The number of anilines is 2. The Labute approximate surface area is 133 Å². The zero-order chi connectivity index (χ0) is 15.6. The molecule has 116 valence electrons. The van der Waals surface area contributed by atoms with Crippen molar-refractivity contribution in [3.05, 3.63) is 54.5 Å². The number of rotatable bonds is 3. The molecule has 4 rings (SSSR count). The number of amides is 1. The number of benzene rings is 1. The Hall–Kier alpha value is -2.89. The van der Waals surface area contributed by atoms with Crippen LogP contribution in [-0.2, 0) is 0 Å². The van der Waals surface area contributed by atoms with Crippen molar-refractivity contribution in [2.45, 2.75) is 12.8 Å². The summed E-state index contributed by atoms with van der Waals surface area (Å²) in [6.07, 6.45) is 5.74. The molecule has 1 aromatic carbocycles. The molecule has 3 heterocycles. The molecule has 23 heavy (non-hydrogen) atoms. The van der Waals surface area contributed by atoms with Crippen molar-refractivity contribution in [3.8, 4) is 0 Å². The second-order valence-electron chi connectivity index (χ2n) is 5.63. The molecule has 0 atom stereocenters. The maximum absolute atomic E-state index is 12.5. The fourth-order valence-electron chi connectivity index (χ4n) is 2.93. The molecule has 0 bridgehead atoms. The normalized spacial score (nSPS) is 14.3. The van der Waals surface area contributed by atoms with Gasteiger partial charge in [0, 0.05) is 36.7 Å². The summed E-state index contributed by atoms with van der Waals surface area (Å²) in [4.78, 5) is 19.0. The van der Waals surface area contributed by atoms with Gasteiger partial charge in [-0.2, -0.15) is 5.10 Å². The molecule has 6 heteroatoms. The van der Waals surface area contributed by atoms with Gasteiger partial charge in [-0.05, 0) is 43.2 Å². The molecule has 2 aromatic heterocycles. The van der Waals surface area contributed by atoms with Crippen LogP contribution in [0.1, 0.15) is 23.3 Å². The van der Waals surface area contributed by atoms with Crippen molar-refractivity contribution >= 4 is 22.9 Å². The first-order valence-corrected chi connectivity index (χ1v) is 7.76. The lowest BCUT2D eigenvalue weighted by atomic mass is 10.2. The first-order valence-electron chi connectivity index (χ1n) is 7.76. The van der Waals surface area contributed by atoms with Crippen LogP contribution in [0.25, 0.3) is 5.65 Å². The summed E-state index contributed by atoms with van der Waals surface area (Å²) in [5.41, 5.74) is 3.10. The first kappa shape index (κ1) is 13.8. The van der Waals surface area contributed by atoms with Gasteiger partial charge in [0.2, 0.25) is 0 Å². The molecule has 1 aliphatic heterocycles. The maximum Gasteiger partial charge on any atom is 0.274 e. The first-order chi connectivity index (χ1) is 11.3. The van der Waals surface area contributed by atoms with E-state index < -0.39 is 0 Å². The molecule has 1 amide bonds. The van der Waals surface area contributed by atoms with E-state index >= 15 is 0 Å². The standard InChI is InChI=1S/C17H17N5O/c23-17(15-7-9-18-16-8-10-19-22(15)16)20-13-3-5-14(6-4-13)21-11-1-2-12-21/h3-10H,1-2,11-12H2,(H,20,23). The van der Waals surface area contributed by atoms with E-state index in [1.165, 1.54) is 23.0 Å². The fraction of sp³-hybridized carbons (Fsp3) is 0.235. The zero-order valence-corrected chi connectivity index (χ0v) is 12.6. The van der Waals surface area contributed by atoms with Gasteiger partial charge < -0.3 is 10.2 Å². The predicted octanol–water partition coefficient (Wildman–Crippen LogP) is 2.58. The van der Waals surface area contributed by atoms with E-state index in [2.05, 4.69) is 32.4 Å². The highest BCUT2D eigenvalue weighted by Crippen LogP contribution is 2.22. The summed E-state index contributed by atoms with van der Waals surface area (Å²) in [7, 11) is 0. The van der Waals surface area contributed by atoms with Gasteiger partial charge in [-0.1, -0.05) is 0 Å². The molecule has 0 spiro atoms. The van der Waals surface area contributed by atoms with E-state index in [0.29, 0.717) is 11.3 Å². The Morgan fingerprint density at radius 3 is 2.57 bits per heavy atom. The predicted molar refractivity (Wildman–Crippen MR) is 88.8 cm³/mol. The summed E-state index contributed by atoms with van der Waals surface area (Å²) in [6.45, 7) is 2.22. The van der Waals surface area contributed by atoms with Crippen molar-refractivity contribution < 1.29 is 4.79 Å². The third-order valence-electron chi connectivity index (χ3n) is 4.12. The van der Waals surface area contributed by atoms with Crippen LogP contribution in [0.5, 0.6) is 0 Å². The second-order valence-corrected chi connectivity index (χ2v) is 5.63. The monoisotopic (exact) mass is 307 g/mol. The number of nitrogens with zero attached hydrogens (tertiary/aromatic N) is 4. The highest BCUT2D eigenvalue weighted by atomic mass is 16.2. The number of hydrogen-bond acceptors (Lipinski definition) is 4. The SMILES string of the molecule is O=C(Nc1ccc(N2CCCC2)cc1)c1ccnc2ccnn12. The van der Waals surface area contributed by atoms with Crippen molar-refractivity contribution in [1.29, 1.82) is 0 Å². The largest absolute Gasteiger partial charge is 0.372 e. The van der Waals surface area contributed by atoms with Crippen LogP contribution < -0.4 is 10.2 Å². The van der Waals surface area contributed by atoms with Crippen molar-refractivity contribution in [3.63, 3.8) is 0 Å². The third kappa shape index (κ3) is 2.63. The van der Waals surface area contributed by atoms with Crippen LogP contribution in [0.15, 0.2) is 48.8 Å². The van der Waals surface area contributed by atoms with E-state index in [4.69, 9.17) is 0 Å². The minimum Gasteiger partial charge on any atom is -0.372 e. The van der Waals surface area contributed by atoms with Crippen molar-refractivity contribution in [2.75, 3.05) is 23.3 Å². The average molecular weight is 307 g/mol. The molecule has 0 aliphatic carbocycles. The molecular formula is C17H17N5O. The average Bonchev–Trinajstić information content (AvgIpc) is 3.26. The van der Waals surface area contributed by atoms with Crippen LogP contribution in [0.2, 0.25) is 0 Å². The van der Waals surface area contributed by atoms with Crippen molar-refractivity contribution in [2.24, 2.45) is 0 Å². The van der Waals surface area contributed by atoms with Gasteiger partial charge in [0.15, 0.2) is 5.65 Å². The molecule has 0 unspecified atom stereocenters. The van der Waals surface area contributed by atoms with Crippen molar-refractivity contribution in [1.82, 2.24) is 14.6 Å². The number of carbonyl (C=O) groups is 1. The third-order valence-corrected chi connectivity index (χ3v) is 4.12. The Balaban J connectivity index is 1.53. The summed E-state index contributed by atoms with van der Waals surface area (Å²) >= 11 is 0. The lowest BCUT2D eigenvalue weighted by Crippen LogP contribution is -2.18. The minimum atomic E-state index is -0.199. The van der Waals surface area contributed by atoms with Crippen LogP contribution in [0, 0.1) is 0 Å². The van der Waals surface area contributed by atoms with Gasteiger partial charge in [-0.3, -0.25) is 4.79 Å². The smallest absolute Gasteiger partial charge is 0.274 e. The van der Waals surface area contributed by atoms with Gasteiger partial charge in [-0.25, -0.2) is 9.50 Å². The summed E-state index contributed by atoms with van der Waals surface area (Å²) < 4.78 is 1.54. The lowest BCUT2D eigenvalue weighted by molar-refractivity contribution is 0.102. The molecule has 1 saturated heterocycles. The number of aromatic nitrogens is 3. The second kappa shape index (κ2) is 5.72. The molecule has 3 aromatic rings. The number of carbonyl (C=O) groups excluding carboxylic acids is 1. The van der Waals surface area contributed by atoms with E-state index in [1.807, 2.05) is 12.1 Å². The van der Waals surface area contributed by atoms with E-state index in [0.717, 1.165) is 18.8 Å². The van der Waals surface area contributed by atoms with Crippen LogP contribution in [-0.4, -0.2) is 33.6 Å². The zero-order valence-electron chi connectivity index (χ0n) is 12.6. The van der Waals surface area contributed by atoms with E-state index in [9.17, 15) is 4.79 Å². The molecule has 1 N–H and O–H groups in total. The quantitative estimate of drug-likeness (QED) is 0.808. The minimum absolute atomic E-state index is 0.199. The Bertz CT molecular complexity index is 834. The Kier molecular flexibility index (Phi) is 3.42. The van der Waals surface area contributed by atoms with Crippen LogP contribution in [0.3, 0.4) is 0 Å². The molecule has 1 aliphatic rings. The highest BCUT2D eigenvalue weighted by molar-refractivity contribution is 6.03. The molecule has 0 saturated carbocycles. The molecule has 6 nitrogen and oxygen atoms in total. The molecule has 1 fully saturated rings. The molecular weight excluding hydrogens is 290 g/mol. The Morgan fingerprint density at radius 1 is 1.00 bits per heavy atom. The summed E-state index contributed by atoms with van der Waals surface area (Å²) in [5.74, 6) is -0.199. The van der Waals surface area contributed by atoms with Gasteiger partial charge in [0.1, 0.15) is 5.69 Å². The Morgan fingerprint density at radius 2 is 1.78 bits per heavy atom.